The lowest BCUT2D eigenvalue weighted by atomic mass is 9.83. The lowest BCUT2D eigenvalue weighted by Crippen LogP contribution is -2.01. The molecule has 6 rings (SSSR count). The largest absolute Gasteiger partial charge is 0.507 e. The van der Waals surface area contributed by atoms with Crippen LogP contribution in [0.3, 0.4) is 0 Å². The highest BCUT2D eigenvalue weighted by Gasteiger charge is 2.29. The first-order chi connectivity index (χ1) is 25.4. The Hall–Kier alpha value is -6.42. The number of phenols is 6. The molecule has 54 heavy (non-hydrogen) atoms. The summed E-state index contributed by atoms with van der Waals surface area (Å²) in [6, 6.07) is 18.9. The zero-order chi connectivity index (χ0) is 40.3. The van der Waals surface area contributed by atoms with Gasteiger partial charge in [-0.05, 0) is 84.7 Å². The summed E-state index contributed by atoms with van der Waals surface area (Å²) < 4.78 is 0. The van der Waals surface area contributed by atoms with Crippen LogP contribution in [0.25, 0.3) is 32.7 Å². The third kappa shape index (κ3) is 7.28. The number of carbonyl (C=O) groups is 2. The summed E-state index contributed by atoms with van der Waals surface area (Å²) in [5, 5.41) is 66.4. The van der Waals surface area contributed by atoms with Crippen molar-refractivity contribution in [2.24, 2.45) is 0 Å². The minimum absolute atomic E-state index is 0.00512. The van der Waals surface area contributed by atoms with Crippen molar-refractivity contribution < 1.29 is 40.2 Å². The van der Waals surface area contributed by atoms with Crippen LogP contribution in [0.2, 0.25) is 0 Å². The summed E-state index contributed by atoms with van der Waals surface area (Å²) in [4.78, 5) is 24.0. The molecular formula is C44H48N2O8. The highest BCUT2D eigenvalue weighted by Crippen LogP contribution is 2.54. The van der Waals surface area contributed by atoms with E-state index >= 15 is 0 Å². The van der Waals surface area contributed by atoms with Gasteiger partial charge in [-0.1, -0.05) is 76.2 Å². The Morgan fingerprint density at radius 3 is 1.04 bits per heavy atom. The quantitative estimate of drug-likeness (QED) is 0.0478. The molecule has 10 nitrogen and oxygen atoms in total. The van der Waals surface area contributed by atoms with Crippen molar-refractivity contribution in [3.63, 3.8) is 0 Å². The maximum atomic E-state index is 12.0. The van der Waals surface area contributed by atoms with Crippen molar-refractivity contribution in [3.05, 3.63) is 105 Å². The summed E-state index contributed by atoms with van der Waals surface area (Å²) in [5.41, 5.74) is 16.4. The average Bonchev–Trinajstić information content (AvgIpc) is 3.11. The van der Waals surface area contributed by atoms with E-state index in [1.165, 1.54) is 0 Å². The van der Waals surface area contributed by atoms with Crippen LogP contribution in [0.1, 0.15) is 93.6 Å². The van der Waals surface area contributed by atoms with Gasteiger partial charge in [0.05, 0.1) is 11.1 Å². The number of fused-ring (bicyclic) bond motifs is 2. The lowest BCUT2D eigenvalue weighted by Gasteiger charge is -2.23. The number of hydrogen-bond acceptors (Lipinski definition) is 10. The molecule has 282 valence electrons. The summed E-state index contributed by atoms with van der Waals surface area (Å²) in [6.45, 7) is 14.5. The Labute approximate surface area is 314 Å². The topological polar surface area (TPSA) is 208 Å². The van der Waals surface area contributed by atoms with Crippen LogP contribution < -0.4 is 11.5 Å². The van der Waals surface area contributed by atoms with Gasteiger partial charge in [0.1, 0.15) is 11.5 Å². The van der Waals surface area contributed by atoms with Crippen molar-refractivity contribution in [2.75, 3.05) is 11.5 Å². The van der Waals surface area contributed by atoms with Crippen LogP contribution in [0, 0.1) is 27.7 Å². The van der Waals surface area contributed by atoms with Gasteiger partial charge in [-0.25, -0.2) is 0 Å². The number of phenolic OH excluding ortho intramolecular Hbond substituents is 6. The standard InChI is InChI=1S/C30H30O8.2C7H9N/c1-11(2)19-15-7-13(5)21(27(35)23(15)17(9-31)25(33)29(19)37)22-14(6)8-16-20(12(3)4)30(38)26(34)18(10-32)24(16)28(22)36;2*1-6-4-2-3-5-7(6)8/h7-12,33-38H,1-6H3;2*2-5H,8H2,1H3. The predicted molar refractivity (Wildman–Crippen MR) is 216 cm³/mol. The second-order valence-electron chi connectivity index (χ2n) is 14.0. The van der Waals surface area contributed by atoms with E-state index in [0.29, 0.717) is 45.6 Å². The first-order valence-electron chi connectivity index (χ1n) is 17.4. The van der Waals surface area contributed by atoms with Crippen molar-refractivity contribution >= 4 is 45.5 Å². The van der Waals surface area contributed by atoms with Crippen LogP contribution in [-0.4, -0.2) is 43.2 Å². The maximum absolute atomic E-state index is 12.0. The van der Waals surface area contributed by atoms with E-state index in [1.54, 1.807) is 53.7 Å². The van der Waals surface area contributed by atoms with Crippen molar-refractivity contribution in [1.29, 1.82) is 0 Å². The third-order valence-corrected chi connectivity index (χ3v) is 9.60. The van der Waals surface area contributed by atoms with E-state index in [-0.39, 0.29) is 44.9 Å². The average molecular weight is 733 g/mol. The zero-order valence-electron chi connectivity index (χ0n) is 31.7. The van der Waals surface area contributed by atoms with Crippen LogP contribution >= 0.6 is 0 Å². The molecule has 0 aliphatic carbocycles. The van der Waals surface area contributed by atoms with Crippen molar-refractivity contribution in [3.8, 4) is 45.6 Å². The Morgan fingerprint density at radius 2 is 0.796 bits per heavy atom. The molecule has 10 N–H and O–H groups in total. The highest BCUT2D eigenvalue weighted by atomic mass is 16.3. The second-order valence-corrected chi connectivity index (χ2v) is 14.0. The molecule has 0 fully saturated rings. The van der Waals surface area contributed by atoms with Gasteiger partial charge in [0.25, 0.3) is 0 Å². The number of hydrogen-bond donors (Lipinski definition) is 8. The number of nitrogen functional groups attached to an aromatic ring is 2. The summed E-state index contributed by atoms with van der Waals surface area (Å²) in [7, 11) is 0. The Balaban J connectivity index is 0.000000332. The number of rotatable bonds is 5. The molecule has 0 spiro atoms. The SMILES string of the molecule is Cc1cc2c(C(C)C)c(O)c(O)c(C=O)c2c(O)c1-c1c(C)cc2c(C(C)C)c(O)c(O)c(C=O)c2c1O.Cc1ccccc1N.Cc1ccccc1N. The number of anilines is 2. The fraction of sp³-hybridized carbons (Fsp3) is 0.227. The van der Waals surface area contributed by atoms with E-state index in [1.807, 2.05) is 62.4 Å². The predicted octanol–water partition coefficient (Wildman–Crippen LogP) is 9.54. The number of benzene rings is 6. The van der Waals surface area contributed by atoms with Gasteiger partial charge in [-0.15, -0.1) is 0 Å². The molecule has 0 saturated heterocycles. The lowest BCUT2D eigenvalue weighted by molar-refractivity contribution is 0.111. The molecule has 0 amide bonds. The minimum atomic E-state index is -0.661. The van der Waals surface area contributed by atoms with Crippen molar-refractivity contribution in [1.82, 2.24) is 0 Å². The summed E-state index contributed by atoms with van der Waals surface area (Å²) in [5.74, 6) is -3.57. The number of nitrogens with two attached hydrogens (primary N) is 2. The molecule has 0 unspecified atom stereocenters. The first-order valence-corrected chi connectivity index (χ1v) is 17.4. The Kier molecular flexibility index (Phi) is 12.0. The van der Waals surface area contributed by atoms with E-state index in [2.05, 4.69) is 0 Å². The monoisotopic (exact) mass is 732 g/mol. The van der Waals surface area contributed by atoms with Gasteiger partial charge in [0.15, 0.2) is 35.6 Å². The molecule has 0 heterocycles. The fourth-order valence-electron chi connectivity index (χ4n) is 6.78. The highest BCUT2D eigenvalue weighted by molar-refractivity contribution is 6.14. The number of para-hydroxylation sites is 2. The normalized spacial score (nSPS) is 10.9. The van der Waals surface area contributed by atoms with E-state index < -0.39 is 34.5 Å². The molecule has 0 aliphatic heterocycles. The molecule has 0 bridgehead atoms. The van der Waals surface area contributed by atoms with Gasteiger partial charge < -0.3 is 42.1 Å². The Bertz CT molecular complexity index is 2200. The number of aryl methyl sites for hydroxylation is 4. The van der Waals surface area contributed by atoms with Gasteiger partial charge >= 0.3 is 0 Å². The van der Waals surface area contributed by atoms with Crippen molar-refractivity contribution in [2.45, 2.75) is 67.2 Å². The third-order valence-electron chi connectivity index (χ3n) is 9.60. The number of aromatic hydroxyl groups is 6. The number of aldehydes is 2. The molecular weight excluding hydrogens is 684 g/mol. The maximum Gasteiger partial charge on any atom is 0.169 e. The molecule has 0 radical (unpaired) electrons. The smallest absolute Gasteiger partial charge is 0.169 e. The van der Waals surface area contributed by atoms with Crippen LogP contribution in [0.5, 0.6) is 34.5 Å². The summed E-state index contributed by atoms with van der Waals surface area (Å²) >= 11 is 0. The molecule has 10 heteroatoms. The molecule has 6 aromatic rings. The van der Waals surface area contributed by atoms with E-state index in [4.69, 9.17) is 11.5 Å². The first kappa shape index (κ1) is 40.4. The molecule has 0 aliphatic rings. The van der Waals surface area contributed by atoms with E-state index in [9.17, 15) is 40.2 Å². The van der Waals surface area contributed by atoms with E-state index in [0.717, 1.165) is 22.5 Å². The number of carbonyl (C=O) groups excluding carboxylic acids is 2. The Morgan fingerprint density at radius 1 is 0.481 bits per heavy atom. The van der Waals surface area contributed by atoms with Crippen LogP contribution in [-0.2, 0) is 0 Å². The van der Waals surface area contributed by atoms with Gasteiger partial charge in [0, 0.05) is 44.4 Å². The molecule has 0 aromatic heterocycles. The van der Waals surface area contributed by atoms with Crippen LogP contribution in [0.15, 0.2) is 60.7 Å². The van der Waals surface area contributed by atoms with Crippen LogP contribution in [0.4, 0.5) is 11.4 Å². The summed E-state index contributed by atoms with van der Waals surface area (Å²) in [6.07, 6.45) is 0.682. The van der Waals surface area contributed by atoms with Gasteiger partial charge in [0.2, 0.25) is 0 Å². The fourth-order valence-corrected chi connectivity index (χ4v) is 6.78. The van der Waals surface area contributed by atoms with Gasteiger partial charge in [-0.3, -0.25) is 9.59 Å². The molecule has 0 saturated carbocycles. The molecule has 6 aromatic carbocycles. The van der Waals surface area contributed by atoms with Gasteiger partial charge in [-0.2, -0.15) is 0 Å². The zero-order valence-corrected chi connectivity index (χ0v) is 31.7. The minimum Gasteiger partial charge on any atom is -0.507 e. The second kappa shape index (κ2) is 16.1. The molecule has 0 atom stereocenters.